The third-order valence-corrected chi connectivity index (χ3v) is 6.94. The van der Waals surface area contributed by atoms with Crippen LogP contribution >= 0.6 is 12.9 Å². The molecule has 0 heterocycles. The Morgan fingerprint density at radius 1 is 0.476 bits per heavy atom. The fraction of sp³-hybridized carbons (Fsp3) is 1.00. The maximum absolute atomic E-state index is 3.64. The highest BCUT2D eigenvalue weighted by molar-refractivity contribution is 9.23. The van der Waals surface area contributed by atoms with Gasteiger partial charge in [-0.1, -0.05) is 116 Å². The summed E-state index contributed by atoms with van der Waals surface area (Å²) in [5.74, 6) is 0. The first-order chi connectivity index (χ1) is 10.4. The Morgan fingerprint density at radius 3 is 1.05 bits per heavy atom. The van der Waals surface area contributed by atoms with Crippen LogP contribution in [0.3, 0.4) is 0 Å². The predicted molar refractivity (Wildman–Crippen MR) is 104 cm³/mol. The van der Waals surface area contributed by atoms with E-state index >= 15 is 0 Å². The molecule has 2 heteroatoms. The molecule has 0 rings (SSSR count). The summed E-state index contributed by atoms with van der Waals surface area (Å²) in [7, 11) is 0. The van der Waals surface area contributed by atoms with Gasteiger partial charge in [0.05, 0.1) is 0 Å². The quantitative estimate of drug-likeness (QED) is 0.169. The summed E-state index contributed by atoms with van der Waals surface area (Å²) in [4.78, 5) is 0. The molecular formula is C19H39BrMg. The Bertz CT molecular complexity index is 155. The third kappa shape index (κ3) is 21.2. The topological polar surface area (TPSA) is 0 Å². The van der Waals surface area contributed by atoms with Crippen molar-refractivity contribution in [2.24, 2.45) is 0 Å². The van der Waals surface area contributed by atoms with Crippen LogP contribution in [0.25, 0.3) is 0 Å². The second-order valence-corrected chi connectivity index (χ2v) is 10.2. The summed E-state index contributed by atoms with van der Waals surface area (Å²) in [5.41, 5.74) is 0. The SMILES string of the molecule is CCCCCCCCCCCCCCCCCC[CH2][Mg][Br]. The molecule has 0 aromatic heterocycles. The van der Waals surface area contributed by atoms with Gasteiger partial charge in [0.25, 0.3) is 0 Å². The van der Waals surface area contributed by atoms with E-state index in [0.717, 1.165) is 0 Å². The minimum Gasteiger partial charge on any atom is -0.307 e. The van der Waals surface area contributed by atoms with Gasteiger partial charge < -0.3 is 12.9 Å². The highest BCUT2D eigenvalue weighted by Gasteiger charge is 1.95. The normalized spacial score (nSPS) is 10.8. The summed E-state index contributed by atoms with van der Waals surface area (Å²) < 4.78 is 1.50. The van der Waals surface area contributed by atoms with Gasteiger partial charge in [-0.25, -0.2) is 0 Å². The van der Waals surface area contributed by atoms with Crippen LogP contribution in [0.5, 0.6) is 0 Å². The lowest BCUT2D eigenvalue weighted by Gasteiger charge is -2.03. The van der Waals surface area contributed by atoms with E-state index in [1.165, 1.54) is 114 Å². The smallest absolute Gasteiger partial charge is 0.307 e. The number of unbranched alkanes of at least 4 members (excludes halogenated alkanes) is 16. The molecule has 0 unspecified atom stereocenters. The summed E-state index contributed by atoms with van der Waals surface area (Å²) in [6, 6.07) is 0. The van der Waals surface area contributed by atoms with Gasteiger partial charge in [0.2, 0.25) is 0 Å². The zero-order valence-corrected chi connectivity index (χ0v) is 17.8. The molecule has 0 aliphatic rings. The highest BCUT2D eigenvalue weighted by Crippen LogP contribution is 2.14. The van der Waals surface area contributed by atoms with Crippen LogP contribution in [0.15, 0.2) is 0 Å². The van der Waals surface area contributed by atoms with Crippen molar-refractivity contribution >= 4 is 31.1 Å². The summed E-state index contributed by atoms with van der Waals surface area (Å²) in [5, 5.41) is 0. The molecule has 0 bridgehead atoms. The van der Waals surface area contributed by atoms with Gasteiger partial charge in [0, 0.05) is 0 Å². The molecule has 0 saturated heterocycles. The lowest BCUT2D eigenvalue weighted by Crippen LogP contribution is -1.84. The first kappa shape index (κ1) is 22.2. The molecule has 0 N–H and O–H groups in total. The van der Waals surface area contributed by atoms with E-state index in [0.29, 0.717) is 0 Å². The van der Waals surface area contributed by atoms with Crippen molar-refractivity contribution in [3.05, 3.63) is 0 Å². The average molecular weight is 372 g/mol. The van der Waals surface area contributed by atoms with Crippen LogP contribution in [0.4, 0.5) is 0 Å². The van der Waals surface area contributed by atoms with Crippen LogP contribution in [0, 0.1) is 0 Å². The van der Waals surface area contributed by atoms with E-state index in [9.17, 15) is 0 Å². The molecular weight excluding hydrogens is 332 g/mol. The van der Waals surface area contributed by atoms with Gasteiger partial charge in [0.15, 0.2) is 0 Å². The molecule has 124 valence electrons. The lowest BCUT2D eigenvalue weighted by molar-refractivity contribution is 0.529. The summed E-state index contributed by atoms with van der Waals surface area (Å²) in [6.07, 6.45) is 25.1. The lowest BCUT2D eigenvalue weighted by atomic mass is 10.0. The molecule has 0 aromatic carbocycles. The van der Waals surface area contributed by atoms with Crippen molar-refractivity contribution in [3.63, 3.8) is 0 Å². The zero-order valence-electron chi connectivity index (χ0n) is 14.8. The van der Waals surface area contributed by atoms with Crippen molar-refractivity contribution in [1.82, 2.24) is 0 Å². The van der Waals surface area contributed by atoms with Crippen molar-refractivity contribution in [2.45, 2.75) is 121 Å². The molecule has 0 nitrogen and oxygen atoms in total. The molecule has 0 aromatic rings. The average Bonchev–Trinajstić information content (AvgIpc) is 2.50. The van der Waals surface area contributed by atoms with Crippen LogP contribution in [0.1, 0.15) is 116 Å². The Balaban J connectivity index is 2.90. The van der Waals surface area contributed by atoms with Gasteiger partial charge in [0.1, 0.15) is 0 Å². The molecule has 0 aliphatic heterocycles. The fourth-order valence-corrected chi connectivity index (χ4v) is 4.73. The molecule has 0 atom stereocenters. The number of hydrogen-bond donors (Lipinski definition) is 0. The Labute approximate surface area is 151 Å². The Hall–Kier alpha value is 1.25. The van der Waals surface area contributed by atoms with E-state index in [-0.39, 0.29) is 18.2 Å². The molecule has 0 radical (unpaired) electrons. The number of hydrogen-bond acceptors (Lipinski definition) is 0. The van der Waals surface area contributed by atoms with Crippen molar-refractivity contribution in [3.8, 4) is 0 Å². The van der Waals surface area contributed by atoms with Crippen molar-refractivity contribution in [2.75, 3.05) is 0 Å². The van der Waals surface area contributed by atoms with Gasteiger partial charge >= 0.3 is 18.2 Å². The minimum atomic E-state index is 0.161. The van der Waals surface area contributed by atoms with Crippen LogP contribution in [-0.4, -0.2) is 18.2 Å². The van der Waals surface area contributed by atoms with Crippen molar-refractivity contribution < 1.29 is 0 Å². The molecule has 0 fully saturated rings. The van der Waals surface area contributed by atoms with Gasteiger partial charge in [-0.05, 0) is 0 Å². The van der Waals surface area contributed by atoms with Crippen LogP contribution in [-0.2, 0) is 0 Å². The maximum atomic E-state index is 3.64. The van der Waals surface area contributed by atoms with Crippen molar-refractivity contribution in [1.29, 1.82) is 0 Å². The molecule has 0 saturated carbocycles. The van der Waals surface area contributed by atoms with Gasteiger partial charge in [-0.15, -0.1) is 4.55 Å². The second kappa shape index (κ2) is 21.2. The van der Waals surface area contributed by atoms with Gasteiger partial charge in [-0.2, -0.15) is 0 Å². The fourth-order valence-electron chi connectivity index (χ4n) is 3.00. The maximum Gasteiger partial charge on any atom is 0.468 e. The van der Waals surface area contributed by atoms with E-state index < -0.39 is 0 Å². The largest absolute Gasteiger partial charge is 0.468 e. The molecule has 0 spiro atoms. The van der Waals surface area contributed by atoms with E-state index in [1.54, 1.807) is 0 Å². The monoisotopic (exact) mass is 370 g/mol. The predicted octanol–water partition coefficient (Wildman–Crippen LogP) is 8.07. The minimum absolute atomic E-state index is 0.161. The van der Waals surface area contributed by atoms with E-state index in [1.807, 2.05) is 0 Å². The van der Waals surface area contributed by atoms with Crippen LogP contribution < -0.4 is 0 Å². The Morgan fingerprint density at radius 2 is 0.762 bits per heavy atom. The van der Waals surface area contributed by atoms with E-state index in [4.69, 9.17) is 0 Å². The summed E-state index contributed by atoms with van der Waals surface area (Å²) in [6.45, 7) is 2.30. The third-order valence-electron chi connectivity index (χ3n) is 4.49. The second-order valence-electron chi connectivity index (χ2n) is 6.70. The first-order valence-electron chi connectivity index (χ1n) is 9.97. The Kier molecular flexibility index (Phi) is 22.5. The standard InChI is InChI=1S/C19H39.BrH.Mg/c1-3-5-7-9-11-13-15-17-19-18-16-14-12-10-8-6-4-2;;/h1,3-19H2,2H3;1H;/q;;+1/p-1. The van der Waals surface area contributed by atoms with Crippen LogP contribution in [0.2, 0.25) is 4.55 Å². The molecule has 0 aliphatic carbocycles. The molecule has 21 heavy (non-hydrogen) atoms. The molecule has 0 amide bonds. The van der Waals surface area contributed by atoms with E-state index in [2.05, 4.69) is 19.8 Å². The first-order valence-corrected chi connectivity index (χ1v) is 14.9. The number of rotatable bonds is 18. The zero-order chi connectivity index (χ0) is 15.4. The number of halogens is 1. The van der Waals surface area contributed by atoms with Gasteiger partial charge in [-0.3, -0.25) is 0 Å². The summed E-state index contributed by atoms with van der Waals surface area (Å²) >= 11 is 3.80. The highest BCUT2D eigenvalue weighted by atomic mass is 79.9.